The maximum Gasteiger partial charge on any atom is 0.246 e. The van der Waals surface area contributed by atoms with Crippen LogP contribution in [0.1, 0.15) is 13.3 Å². The minimum atomic E-state index is -0.000205. The molecule has 0 aromatic carbocycles. The normalized spacial score (nSPS) is 21.8. The molecule has 22 heavy (non-hydrogen) atoms. The van der Waals surface area contributed by atoms with Crippen molar-refractivity contribution in [1.82, 2.24) is 19.9 Å². The Bertz CT molecular complexity index is 695. The molecule has 1 aliphatic rings. The second-order valence-corrected chi connectivity index (χ2v) is 5.87. The number of piperidine rings is 1. The monoisotopic (exact) mass is 299 g/mol. The van der Waals surface area contributed by atoms with Crippen LogP contribution >= 0.6 is 0 Å². The highest BCUT2D eigenvalue weighted by molar-refractivity contribution is 5.88. The van der Waals surface area contributed by atoms with Gasteiger partial charge in [-0.3, -0.25) is 4.79 Å². The molecule has 0 aliphatic carbocycles. The minimum absolute atomic E-state index is 0.000205. The SMILES string of the molecule is C=CC(=O)N1CCC(C)C(N(C)c2ncnc3[nH]ccc23)C1. The molecule has 2 atom stereocenters. The van der Waals surface area contributed by atoms with Gasteiger partial charge in [0.1, 0.15) is 17.8 Å². The minimum Gasteiger partial charge on any atom is -0.354 e. The third kappa shape index (κ3) is 2.45. The first-order valence-corrected chi connectivity index (χ1v) is 7.54. The Balaban J connectivity index is 1.89. The van der Waals surface area contributed by atoms with Gasteiger partial charge in [-0.15, -0.1) is 0 Å². The largest absolute Gasteiger partial charge is 0.354 e. The van der Waals surface area contributed by atoms with Crippen LogP contribution in [0.5, 0.6) is 0 Å². The number of hydrogen-bond donors (Lipinski definition) is 1. The summed E-state index contributed by atoms with van der Waals surface area (Å²) < 4.78 is 0. The highest BCUT2D eigenvalue weighted by Gasteiger charge is 2.32. The van der Waals surface area contributed by atoms with Gasteiger partial charge in [0.05, 0.1) is 11.4 Å². The van der Waals surface area contributed by atoms with Crippen LogP contribution in [0.25, 0.3) is 11.0 Å². The number of aromatic nitrogens is 3. The van der Waals surface area contributed by atoms with Crippen molar-refractivity contribution >= 4 is 22.8 Å². The average molecular weight is 299 g/mol. The lowest BCUT2D eigenvalue weighted by molar-refractivity contribution is -0.127. The van der Waals surface area contributed by atoms with E-state index in [0.717, 1.165) is 29.8 Å². The van der Waals surface area contributed by atoms with E-state index < -0.39 is 0 Å². The Morgan fingerprint density at radius 1 is 1.55 bits per heavy atom. The average Bonchev–Trinajstić information content (AvgIpc) is 3.02. The predicted octanol–water partition coefficient (Wildman–Crippen LogP) is 1.82. The molecule has 3 rings (SSSR count). The van der Waals surface area contributed by atoms with Crippen molar-refractivity contribution < 1.29 is 4.79 Å². The number of carbonyl (C=O) groups is 1. The molecule has 6 heteroatoms. The molecule has 2 unspecified atom stereocenters. The number of hydrogen-bond acceptors (Lipinski definition) is 4. The van der Waals surface area contributed by atoms with Crippen LogP contribution in [0.15, 0.2) is 31.2 Å². The number of fused-ring (bicyclic) bond motifs is 1. The Morgan fingerprint density at radius 3 is 3.14 bits per heavy atom. The van der Waals surface area contributed by atoms with Gasteiger partial charge >= 0.3 is 0 Å². The molecule has 0 saturated carbocycles. The van der Waals surface area contributed by atoms with Crippen molar-refractivity contribution in [2.24, 2.45) is 5.92 Å². The standard InChI is InChI=1S/C16H21N5O/c1-4-14(22)21-8-6-11(2)13(9-21)20(3)16-12-5-7-17-15(12)18-10-19-16/h4-5,7,10-11,13H,1,6,8-9H2,2-3H3,(H,17,18,19). The predicted molar refractivity (Wildman–Crippen MR) is 86.6 cm³/mol. The second kappa shape index (κ2) is 5.79. The van der Waals surface area contributed by atoms with Crippen LogP contribution in [0, 0.1) is 5.92 Å². The highest BCUT2D eigenvalue weighted by atomic mass is 16.2. The summed E-state index contributed by atoms with van der Waals surface area (Å²) in [5.41, 5.74) is 0.833. The maximum atomic E-state index is 11.9. The van der Waals surface area contributed by atoms with Gasteiger partial charge in [0.25, 0.3) is 0 Å². The summed E-state index contributed by atoms with van der Waals surface area (Å²) in [4.78, 5) is 27.7. The van der Waals surface area contributed by atoms with E-state index in [1.807, 2.05) is 24.2 Å². The molecular weight excluding hydrogens is 278 g/mol. The third-order valence-corrected chi connectivity index (χ3v) is 4.57. The highest BCUT2D eigenvalue weighted by Crippen LogP contribution is 2.28. The van der Waals surface area contributed by atoms with Crippen molar-refractivity contribution in [2.45, 2.75) is 19.4 Å². The van der Waals surface area contributed by atoms with E-state index in [4.69, 9.17) is 0 Å². The Morgan fingerprint density at radius 2 is 2.36 bits per heavy atom. The zero-order valence-corrected chi connectivity index (χ0v) is 13.0. The summed E-state index contributed by atoms with van der Waals surface area (Å²) in [6, 6.07) is 2.21. The fourth-order valence-electron chi connectivity index (χ4n) is 3.18. The van der Waals surface area contributed by atoms with Gasteiger partial charge in [-0.2, -0.15) is 0 Å². The number of amides is 1. The van der Waals surface area contributed by atoms with E-state index in [-0.39, 0.29) is 11.9 Å². The molecule has 0 spiro atoms. The molecular formula is C16H21N5O. The Hall–Kier alpha value is -2.37. The molecule has 2 aromatic rings. The lowest BCUT2D eigenvalue weighted by Gasteiger charge is -2.41. The van der Waals surface area contributed by atoms with Crippen LogP contribution < -0.4 is 4.90 Å². The fraction of sp³-hybridized carbons (Fsp3) is 0.438. The van der Waals surface area contributed by atoms with Crippen molar-refractivity contribution in [3.05, 3.63) is 31.2 Å². The molecule has 1 aliphatic heterocycles. The Kier molecular flexibility index (Phi) is 3.83. The molecule has 1 fully saturated rings. The van der Waals surface area contributed by atoms with Crippen molar-refractivity contribution in [1.29, 1.82) is 0 Å². The number of nitrogens with one attached hydrogen (secondary N) is 1. The van der Waals surface area contributed by atoms with Crippen LogP contribution in [0.3, 0.4) is 0 Å². The topological polar surface area (TPSA) is 65.1 Å². The molecule has 116 valence electrons. The van der Waals surface area contributed by atoms with Gasteiger partial charge in [-0.05, 0) is 24.5 Å². The van der Waals surface area contributed by atoms with Crippen molar-refractivity contribution in [2.75, 3.05) is 25.0 Å². The number of likely N-dealkylation sites (N-methyl/N-ethyl adjacent to an activating group) is 1. The molecule has 3 heterocycles. The molecule has 1 N–H and O–H groups in total. The Labute approximate surface area is 129 Å². The van der Waals surface area contributed by atoms with Gasteiger partial charge in [0.2, 0.25) is 5.91 Å². The van der Waals surface area contributed by atoms with E-state index in [1.165, 1.54) is 6.08 Å². The van der Waals surface area contributed by atoms with E-state index in [0.29, 0.717) is 12.5 Å². The van der Waals surface area contributed by atoms with Crippen LogP contribution in [0.2, 0.25) is 0 Å². The van der Waals surface area contributed by atoms with Crippen molar-refractivity contribution in [3.63, 3.8) is 0 Å². The molecule has 0 radical (unpaired) electrons. The van der Waals surface area contributed by atoms with Gasteiger partial charge in [0.15, 0.2) is 0 Å². The zero-order chi connectivity index (χ0) is 15.7. The molecule has 2 aromatic heterocycles. The summed E-state index contributed by atoms with van der Waals surface area (Å²) in [5, 5.41) is 1.00. The van der Waals surface area contributed by atoms with E-state index in [1.54, 1.807) is 6.33 Å². The smallest absolute Gasteiger partial charge is 0.246 e. The fourth-order valence-corrected chi connectivity index (χ4v) is 3.18. The maximum absolute atomic E-state index is 11.9. The number of carbonyl (C=O) groups excluding carboxylic acids is 1. The van der Waals surface area contributed by atoms with Crippen LogP contribution in [0.4, 0.5) is 5.82 Å². The molecule has 0 bridgehead atoms. The number of aromatic amines is 1. The number of likely N-dealkylation sites (tertiary alicyclic amines) is 1. The quantitative estimate of drug-likeness (QED) is 0.878. The van der Waals surface area contributed by atoms with Gasteiger partial charge < -0.3 is 14.8 Å². The molecule has 6 nitrogen and oxygen atoms in total. The van der Waals surface area contributed by atoms with E-state index >= 15 is 0 Å². The lowest BCUT2D eigenvalue weighted by atomic mass is 9.92. The summed E-state index contributed by atoms with van der Waals surface area (Å²) in [7, 11) is 2.04. The summed E-state index contributed by atoms with van der Waals surface area (Å²) in [5.74, 6) is 1.39. The third-order valence-electron chi connectivity index (χ3n) is 4.57. The number of nitrogens with zero attached hydrogens (tertiary/aromatic N) is 4. The van der Waals surface area contributed by atoms with Gasteiger partial charge in [0, 0.05) is 26.3 Å². The molecule has 1 saturated heterocycles. The van der Waals surface area contributed by atoms with E-state index in [2.05, 4.69) is 33.4 Å². The number of anilines is 1. The summed E-state index contributed by atoms with van der Waals surface area (Å²) >= 11 is 0. The lowest BCUT2D eigenvalue weighted by Crippen LogP contribution is -2.52. The first-order valence-electron chi connectivity index (χ1n) is 7.54. The van der Waals surface area contributed by atoms with Crippen molar-refractivity contribution in [3.8, 4) is 0 Å². The zero-order valence-electron chi connectivity index (χ0n) is 13.0. The van der Waals surface area contributed by atoms with Crippen LogP contribution in [-0.4, -0.2) is 51.9 Å². The van der Waals surface area contributed by atoms with Crippen LogP contribution in [-0.2, 0) is 4.79 Å². The van der Waals surface area contributed by atoms with E-state index in [9.17, 15) is 4.79 Å². The second-order valence-electron chi connectivity index (χ2n) is 5.87. The van der Waals surface area contributed by atoms with Gasteiger partial charge in [-0.1, -0.05) is 13.5 Å². The first-order chi connectivity index (χ1) is 10.6. The first kappa shape index (κ1) is 14.6. The number of H-pyrrole nitrogens is 1. The summed E-state index contributed by atoms with van der Waals surface area (Å²) in [6.45, 7) is 7.30. The summed E-state index contributed by atoms with van der Waals surface area (Å²) in [6.07, 6.45) is 5.82. The molecule has 1 amide bonds. The van der Waals surface area contributed by atoms with Gasteiger partial charge in [-0.25, -0.2) is 9.97 Å². The number of rotatable bonds is 3.